The number of hydrogen-bond acceptors (Lipinski definition) is 4. The van der Waals surface area contributed by atoms with E-state index >= 15 is 0 Å². The summed E-state index contributed by atoms with van der Waals surface area (Å²) in [5, 5.41) is -1.46. The van der Waals surface area contributed by atoms with Crippen LogP contribution in [0.1, 0.15) is 96.8 Å². The molecular formula is C20H40KNO4S. The van der Waals surface area contributed by atoms with Gasteiger partial charge in [0.15, 0.2) is 11.0 Å². The van der Waals surface area contributed by atoms with Crippen molar-refractivity contribution in [1.82, 2.24) is 0 Å². The van der Waals surface area contributed by atoms with Crippen LogP contribution in [0.5, 0.6) is 0 Å². The summed E-state index contributed by atoms with van der Waals surface area (Å²) in [6, 6.07) is 0. The predicted molar refractivity (Wildman–Crippen MR) is 116 cm³/mol. The second kappa shape index (κ2) is 20.2. The monoisotopic (exact) mass is 429 g/mol. The van der Waals surface area contributed by atoms with Crippen molar-refractivity contribution in [1.29, 1.82) is 0 Å². The molecule has 5 nitrogen and oxygen atoms in total. The number of unbranched alkanes of at least 4 members (excludes halogenated alkanes) is 11. The molecule has 0 saturated heterocycles. The topological polar surface area (TPSA) is 97.5 Å². The molecule has 156 valence electrons. The average molecular weight is 430 g/mol. The maximum atomic E-state index is 11.7. The van der Waals surface area contributed by atoms with Crippen molar-refractivity contribution in [3.8, 4) is 0 Å². The van der Waals surface area contributed by atoms with E-state index in [4.69, 9.17) is 10.3 Å². The summed E-state index contributed by atoms with van der Waals surface area (Å²) >= 11 is 0. The number of carbonyl (C=O) groups excluding carboxylic acids is 1. The van der Waals surface area contributed by atoms with Crippen molar-refractivity contribution in [2.45, 2.75) is 102 Å². The molecule has 0 saturated carbocycles. The zero-order valence-corrected chi connectivity index (χ0v) is 17.3. The molecule has 1 unspecified atom stereocenters. The van der Waals surface area contributed by atoms with Crippen LogP contribution >= 0.6 is 0 Å². The van der Waals surface area contributed by atoms with Crippen molar-refractivity contribution < 1.29 is 17.8 Å². The Bertz CT molecular complexity index is 480. The standard InChI is InChI=1S/C20H39NO4S.K.H/c1-2-3-4-5-6-7-8-9-10-11-12-13-14-15-16-17-19(22)20(18-21)26(23,24)25;;/h9-10,20H,2-8,11-18,21H2,1H3,(H,23,24,25);;/b10-9-;;. The number of Topliss-reactive ketones (excluding diaryl/α,β-unsaturated/α-hetero) is 1. The van der Waals surface area contributed by atoms with Gasteiger partial charge >= 0.3 is 51.4 Å². The molecule has 0 radical (unpaired) electrons. The third-order valence-electron chi connectivity index (χ3n) is 4.62. The van der Waals surface area contributed by atoms with E-state index < -0.39 is 21.2 Å². The van der Waals surface area contributed by atoms with Gasteiger partial charge in [-0.1, -0.05) is 70.4 Å². The first-order valence-electron chi connectivity index (χ1n) is 10.3. The van der Waals surface area contributed by atoms with Gasteiger partial charge in [0.25, 0.3) is 10.1 Å². The Kier molecular flexibility index (Phi) is 22.5. The first kappa shape index (κ1) is 30.1. The SMILES string of the molecule is CCCCCCCC/C=C\CCCCCCCC(=O)C(CN)S(=O)(=O)O.[KH]. The van der Waals surface area contributed by atoms with Gasteiger partial charge in [0.1, 0.15) is 0 Å². The van der Waals surface area contributed by atoms with Gasteiger partial charge in [-0.15, -0.1) is 0 Å². The normalized spacial score (nSPS) is 12.9. The molecule has 0 spiro atoms. The molecule has 0 aliphatic carbocycles. The van der Waals surface area contributed by atoms with Crippen molar-refractivity contribution in [2.24, 2.45) is 5.73 Å². The van der Waals surface area contributed by atoms with Gasteiger partial charge in [-0.25, -0.2) is 0 Å². The fourth-order valence-corrected chi connectivity index (χ4v) is 3.64. The summed E-state index contributed by atoms with van der Waals surface area (Å²) in [6.07, 6.45) is 19.9. The molecule has 1 atom stereocenters. The van der Waals surface area contributed by atoms with Gasteiger partial charge < -0.3 is 5.73 Å². The number of allylic oxidation sites excluding steroid dienone is 2. The molecule has 7 heteroatoms. The zero-order valence-electron chi connectivity index (χ0n) is 16.5. The van der Waals surface area contributed by atoms with Crippen molar-refractivity contribution in [2.75, 3.05) is 6.54 Å². The van der Waals surface area contributed by atoms with Crippen molar-refractivity contribution >= 4 is 67.3 Å². The van der Waals surface area contributed by atoms with Gasteiger partial charge in [0.05, 0.1) is 0 Å². The number of nitrogens with two attached hydrogens (primary N) is 1. The van der Waals surface area contributed by atoms with Gasteiger partial charge in [-0.3, -0.25) is 9.35 Å². The Morgan fingerprint density at radius 2 is 1.33 bits per heavy atom. The number of carbonyl (C=O) groups is 1. The molecule has 0 aliphatic rings. The third kappa shape index (κ3) is 18.7. The molecule has 0 fully saturated rings. The van der Waals surface area contributed by atoms with Crippen LogP contribution in [-0.4, -0.2) is 81.9 Å². The predicted octanol–water partition coefficient (Wildman–Crippen LogP) is 4.16. The Morgan fingerprint density at radius 1 is 0.889 bits per heavy atom. The third-order valence-corrected chi connectivity index (χ3v) is 5.79. The summed E-state index contributed by atoms with van der Waals surface area (Å²) in [6.45, 7) is 1.88. The Hall–Kier alpha value is 0.916. The van der Waals surface area contributed by atoms with Gasteiger partial charge in [0.2, 0.25) is 0 Å². The summed E-state index contributed by atoms with van der Waals surface area (Å²) in [7, 11) is -4.37. The van der Waals surface area contributed by atoms with Crippen LogP contribution in [-0.2, 0) is 14.9 Å². The van der Waals surface area contributed by atoms with Gasteiger partial charge in [0, 0.05) is 13.0 Å². The van der Waals surface area contributed by atoms with E-state index in [1.165, 1.54) is 44.9 Å². The molecular weight excluding hydrogens is 389 g/mol. The molecule has 0 aromatic rings. The molecule has 0 aromatic carbocycles. The molecule has 0 aliphatic heterocycles. The Balaban J connectivity index is 0. The Morgan fingerprint density at radius 3 is 1.78 bits per heavy atom. The maximum absolute atomic E-state index is 11.7. The van der Waals surface area contributed by atoms with Crippen LogP contribution < -0.4 is 5.73 Å². The van der Waals surface area contributed by atoms with Crippen LogP contribution in [0.25, 0.3) is 0 Å². The van der Waals surface area contributed by atoms with E-state index in [0.717, 1.165) is 32.1 Å². The van der Waals surface area contributed by atoms with Crippen LogP contribution in [0.4, 0.5) is 0 Å². The average Bonchev–Trinajstić information content (AvgIpc) is 2.57. The van der Waals surface area contributed by atoms with E-state index in [9.17, 15) is 13.2 Å². The molecule has 0 heterocycles. The van der Waals surface area contributed by atoms with Crippen molar-refractivity contribution in [3.63, 3.8) is 0 Å². The number of rotatable bonds is 18. The van der Waals surface area contributed by atoms with Crippen LogP contribution in [0.3, 0.4) is 0 Å². The van der Waals surface area contributed by atoms with Gasteiger partial charge in [-0.2, -0.15) is 8.42 Å². The minimum absolute atomic E-state index is 0. The summed E-state index contributed by atoms with van der Waals surface area (Å²) < 4.78 is 31.0. The van der Waals surface area contributed by atoms with Crippen LogP contribution in [0.15, 0.2) is 12.2 Å². The molecule has 0 aromatic heterocycles. The quantitative estimate of drug-likeness (QED) is 0.148. The Labute approximate surface area is 209 Å². The summed E-state index contributed by atoms with van der Waals surface area (Å²) in [5.41, 5.74) is 5.25. The summed E-state index contributed by atoms with van der Waals surface area (Å²) in [5.74, 6) is -0.479. The van der Waals surface area contributed by atoms with E-state index in [1.54, 1.807) is 0 Å². The van der Waals surface area contributed by atoms with E-state index in [-0.39, 0.29) is 64.4 Å². The number of hydrogen-bond donors (Lipinski definition) is 2. The molecule has 27 heavy (non-hydrogen) atoms. The van der Waals surface area contributed by atoms with E-state index in [2.05, 4.69) is 19.1 Å². The number of ketones is 1. The minimum atomic E-state index is -4.37. The van der Waals surface area contributed by atoms with Crippen molar-refractivity contribution in [3.05, 3.63) is 12.2 Å². The molecule has 0 rings (SSSR count). The summed E-state index contributed by atoms with van der Waals surface area (Å²) in [4.78, 5) is 11.7. The first-order chi connectivity index (χ1) is 12.4. The zero-order chi connectivity index (χ0) is 19.7. The molecule has 3 N–H and O–H groups in total. The van der Waals surface area contributed by atoms with E-state index in [1.807, 2.05) is 0 Å². The second-order valence-electron chi connectivity index (χ2n) is 7.04. The van der Waals surface area contributed by atoms with Crippen LogP contribution in [0, 0.1) is 0 Å². The molecule has 0 bridgehead atoms. The fraction of sp³-hybridized carbons (Fsp3) is 0.850. The fourth-order valence-electron chi connectivity index (χ4n) is 2.95. The second-order valence-corrected chi connectivity index (χ2v) is 8.64. The van der Waals surface area contributed by atoms with Gasteiger partial charge in [-0.05, 0) is 32.1 Å². The van der Waals surface area contributed by atoms with E-state index in [0.29, 0.717) is 6.42 Å². The molecule has 0 amide bonds. The first-order valence-corrected chi connectivity index (χ1v) is 11.8. The van der Waals surface area contributed by atoms with Crippen LogP contribution in [0.2, 0.25) is 0 Å².